The van der Waals surface area contributed by atoms with E-state index in [-0.39, 0.29) is 32.0 Å². The van der Waals surface area contributed by atoms with E-state index in [0.717, 1.165) is 51.4 Å². The fourth-order valence-corrected chi connectivity index (χ4v) is 6.03. The number of esters is 2. The molecule has 0 aromatic rings. The lowest BCUT2D eigenvalue weighted by Crippen LogP contribution is -2.37. The van der Waals surface area contributed by atoms with Gasteiger partial charge >= 0.3 is 19.8 Å². The predicted molar refractivity (Wildman–Crippen MR) is 224 cm³/mol. The van der Waals surface area contributed by atoms with Crippen LogP contribution in [0.1, 0.15) is 155 Å². The van der Waals surface area contributed by atoms with Gasteiger partial charge in [0.1, 0.15) is 19.8 Å². The quantitative estimate of drug-likeness (QED) is 0.0218. The van der Waals surface area contributed by atoms with Crippen molar-refractivity contribution in [1.29, 1.82) is 0 Å². The van der Waals surface area contributed by atoms with E-state index < -0.39 is 26.5 Å². The molecule has 0 aromatic heterocycles. The number of phosphoric ester groups is 1. The lowest BCUT2D eigenvalue weighted by Gasteiger charge is -2.24. The lowest BCUT2D eigenvalue weighted by molar-refractivity contribution is -0.870. The van der Waals surface area contributed by atoms with Crippen LogP contribution in [0.15, 0.2) is 60.8 Å². The number of quaternary nitrogens is 1. The van der Waals surface area contributed by atoms with Crippen molar-refractivity contribution in [2.75, 3.05) is 47.5 Å². The molecule has 2 atom stereocenters. The van der Waals surface area contributed by atoms with Crippen molar-refractivity contribution in [3.8, 4) is 0 Å². The average molecular weight is 781 g/mol. The maximum absolute atomic E-state index is 12.6. The van der Waals surface area contributed by atoms with Gasteiger partial charge < -0.3 is 18.9 Å². The van der Waals surface area contributed by atoms with E-state index in [9.17, 15) is 19.0 Å². The average Bonchev–Trinajstić information content (AvgIpc) is 3.12. The molecular weight excluding hydrogens is 701 g/mol. The van der Waals surface area contributed by atoms with Crippen molar-refractivity contribution < 1.29 is 42.1 Å². The summed E-state index contributed by atoms with van der Waals surface area (Å²) < 4.78 is 34.2. The number of carbonyl (C=O) groups excluding carboxylic acids is 2. The van der Waals surface area contributed by atoms with Gasteiger partial charge in [-0.1, -0.05) is 152 Å². The van der Waals surface area contributed by atoms with E-state index in [1.54, 1.807) is 0 Å². The van der Waals surface area contributed by atoms with Crippen LogP contribution in [0.25, 0.3) is 0 Å². The van der Waals surface area contributed by atoms with Gasteiger partial charge in [-0.2, -0.15) is 0 Å². The first-order valence-electron chi connectivity index (χ1n) is 21.0. The number of ether oxygens (including phenoxy) is 2. The van der Waals surface area contributed by atoms with Gasteiger partial charge in [-0.3, -0.25) is 18.6 Å². The van der Waals surface area contributed by atoms with Crippen LogP contribution >= 0.6 is 7.82 Å². The third-order valence-corrected chi connectivity index (χ3v) is 9.55. The molecule has 0 amide bonds. The van der Waals surface area contributed by atoms with Crippen molar-refractivity contribution in [3.63, 3.8) is 0 Å². The number of hydrogen-bond acceptors (Lipinski definition) is 7. The summed E-state index contributed by atoms with van der Waals surface area (Å²) in [7, 11) is 1.43. The van der Waals surface area contributed by atoms with Crippen LogP contribution in [0.4, 0.5) is 0 Å². The molecule has 0 aliphatic carbocycles. The topological polar surface area (TPSA) is 108 Å². The number of unbranched alkanes of at least 4 members (excludes halogenated alkanes) is 13. The lowest BCUT2D eigenvalue weighted by atomic mass is 10.0. The second-order valence-electron chi connectivity index (χ2n) is 15.0. The summed E-state index contributed by atoms with van der Waals surface area (Å²) in [6, 6.07) is 0. The molecule has 0 bridgehead atoms. The normalized spacial score (nSPS) is 14.3. The molecule has 0 heterocycles. The van der Waals surface area contributed by atoms with Crippen LogP contribution in [-0.2, 0) is 32.7 Å². The molecule has 9 nitrogen and oxygen atoms in total. The zero-order chi connectivity index (χ0) is 40.0. The molecule has 54 heavy (non-hydrogen) atoms. The summed E-state index contributed by atoms with van der Waals surface area (Å²) in [6.45, 7) is 4.23. The first kappa shape index (κ1) is 51.7. The van der Waals surface area contributed by atoms with Crippen LogP contribution in [0.2, 0.25) is 0 Å². The van der Waals surface area contributed by atoms with Gasteiger partial charge in [-0.25, -0.2) is 4.57 Å². The van der Waals surface area contributed by atoms with Gasteiger partial charge in [0.2, 0.25) is 0 Å². The van der Waals surface area contributed by atoms with E-state index in [0.29, 0.717) is 23.9 Å². The Balaban J connectivity index is 4.50. The number of rotatable bonds is 37. The highest BCUT2D eigenvalue weighted by Gasteiger charge is 2.27. The predicted octanol–water partition coefficient (Wildman–Crippen LogP) is 11.7. The summed E-state index contributed by atoms with van der Waals surface area (Å²) in [5.74, 6) is -0.869. The molecule has 0 aliphatic heterocycles. The zero-order valence-corrected chi connectivity index (χ0v) is 35.8. The number of nitrogens with zero attached hydrogens (tertiary/aromatic N) is 1. The SMILES string of the molecule is CC/C=C\C/C=C\C/C=C\C/C=C\C/C=C\CCCC(=O)O[C@@H](COC(=O)CCCCCCCCCCCCCCC)COP(=O)(O)OCC[N+](C)(C)C. The minimum Gasteiger partial charge on any atom is -0.462 e. The Bertz CT molecular complexity index is 1110. The highest BCUT2D eigenvalue weighted by atomic mass is 31.2. The van der Waals surface area contributed by atoms with E-state index in [1.165, 1.54) is 64.2 Å². The van der Waals surface area contributed by atoms with Crippen LogP contribution in [0, 0.1) is 0 Å². The number of carbonyl (C=O) groups is 2. The van der Waals surface area contributed by atoms with Gasteiger partial charge in [0, 0.05) is 12.8 Å². The zero-order valence-electron chi connectivity index (χ0n) is 34.9. The van der Waals surface area contributed by atoms with E-state index in [4.69, 9.17) is 18.5 Å². The fourth-order valence-electron chi connectivity index (χ4n) is 5.28. The molecule has 0 aromatic carbocycles. The Morgan fingerprint density at radius 1 is 0.593 bits per heavy atom. The largest absolute Gasteiger partial charge is 0.472 e. The van der Waals surface area contributed by atoms with Gasteiger partial charge in [0.05, 0.1) is 27.7 Å². The maximum atomic E-state index is 12.6. The molecule has 10 heteroatoms. The Morgan fingerprint density at radius 2 is 1.06 bits per heavy atom. The smallest absolute Gasteiger partial charge is 0.462 e. The molecule has 0 saturated heterocycles. The molecule has 0 saturated carbocycles. The third-order valence-electron chi connectivity index (χ3n) is 8.56. The van der Waals surface area contributed by atoms with Gasteiger partial charge in [-0.05, 0) is 51.4 Å². The van der Waals surface area contributed by atoms with Crippen molar-refractivity contribution in [1.82, 2.24) is 0 Å². The number of hydrogen-bond donors (Lipinski definition) is 1. The van der Waals surface area contributed by atoms with Crippen molar-refractivity contribution in [2.24, 2.45) is 0 Å². The van der Waals surface area contributed by atoms with Crippen molar-refractivity contribution in [2.45, 2.75) is 161 Å². The van der Waals surface area contributed by atoms with Gasteiger partial charge in [0.15, 0.2) is 6.10 Å². The van der Waals surface area contributed by atoms with Crippen molar-refractivity contribution >= 4 is 19.8 Å². The monoisotopic (exact) mass is 781 g/mol. The van der Waals surface area contributed by atoms with Crippen LogP contribution in [-0.4, -0.2) is 74.9 Å². The van der Waals surface area contributed by atoms with E-state index in [2.05, 4.69) is 68.5 Å². The molecule has 0 spiro atoms. The minimum absolute atomic E-state index is 0.0195. The Hall–Kier alpha value is -2.29. The standard InChI is InChI=1S/C44H78NO8P/c1-6-8-10-12-14-16-18-20-21-22-23-25-27-29-31-33-35-37-44(47)53-42(41-52-54(48,49)51-39-38-45(3,4)5)40-50-43(46)36-34-32-30-28-26-24-19-17-15-13-11-9-7-2/h8,10,14,16,20-21,23,25,29,31,42H,6-7,9,11-13,15,17-19,22,24,26-28,30,32-41H2,1-5H3/p+1/b10-8-,16-14-,21-20-,25-23-,31-29-/t42-/m0/s1. The molecule has 1 unspecified atom stereocenters. The third kappa shape index (κ3) is 39.4. The minimum atomic E-state index is -4.39. The summed E-state index contributed by atoms with van der Waals surface area (Å²) in [5, 5.41) is 0. The molecule has 0 fully saturated rings. The molecule has 1 N–H and O–H groups in total. The van der Waals surface area contributed by atoms with Gasteiger partial charge in [0.25, 0.3) is 0 Å². The summed E-state index contributed by atoms with van der Waals surface area (Å²) in [6.07, 6.45) is 42.7. The van der Waals surface area contributed by atoms with E-state index >= 15 is 0 Å². The first-order chi connectivity index (χ1) is 26.0. The van der Waals surface area contributed by atoms with Gasteiger partial charge in [-0.15, -0.1) is 0 Å². The Morgan fingerprint density at radius 3 is 1.56 bits per heavy atom. The highest BCUT2D eigenvalue weighted by Crippen LogP contribution is 2.43. The molecule has 0 radical (unpaired) electrons. The summed E-state index contributed by atoms with van der Waals surface area (Å²) in [4.78, 5) is 35.3. The first-order valence-corrected chi connectivity index (χ1v) is 22.5. The molecule has 0 aliphatic rings. The second-order valence-corrected chi connectivity index (χ2v) is 16.5. The Kier molecular flexibility index (Phi) is 34.8. The summed E-state index contributed by atoms with van der Waals surface area (Å²) >= 11 is 0. The molecule has 312 valence electrons. The second kappa shape index (κ2) is 36.4. The van der Waals surface area contributed by atoms with Crippen LogP contribution < -0.4 is 0 Å². The molecular formula is C44H79NO8P+. The number of allylic oxidation sites excluding steroid dienone is 10. The van der Waals surface area contributed by atoms with Crippen LogP contribution in [0.5, 0.6) is 0 Å². The Labute approximate surface area is 330 Å². The van der Waals surface area contributed by atoms with E-state index in [1.807, 2.05) is 27.2 Å². The number of likely N-dealkylation sites (N-methyl/N-ethyl adjacent to an activating group) is 1. The fraction of sp³-hybridized carbons (Fsp3) is 0.727. The molecule has 0 rings (SSSR count). The maximum Gasteiger partial charge on any atom is 0.472 e. The number of phosphoric acid groups is 1. The van der Waals surface area contributed by atoms with Crippen molar-refractivity contribution in [3.05, 3.63) is 60.8 Å². The van der Waals surface area contributed by atoms with Crippen LogP contribution in [0.3, 0.4) is 0 Å². The summed E-state index contributed by atoms with van der Waals surface area (Å²) in [5.41, 5.74) is 0. The highest BCUT2D eigenvalue weighted by molar-refractivity contribution is 7.47.